The summed E-state index contributed by atoms with van der Waals surface area (Å²) >= 11 is 0. The molecular formula is C68H85N5O12. The molecule has 0 radical (unpaired) electrons. The zero-order valence-electron chi connectivity index (χ0n) is 50.8. The van der Waals surface area contributed by atoms with Crippen LogP contribution < -0.4 is 46.2 Å². The third-order valence-corrected chi connectivity index (χ3v) is 15.0. The molecule has 0 atom stereocenters. The van der Waals surface area contributed by atoms with Gasteiger partial charge in [-0.15, -0.1) is 0 Å². The smallest absolute Gasteiger partial charge is 0.275 e. The topological polar surface area (TPSA) is 270 Å². The van der Waals surface area contributed by atoms with Gasteiger partial charge in [0, 0.05) is 102 Å². The number of carbonyl (C=O) groups is 2. The van der Waals surface area contributed by atoms with E-state index in [1.165, 1.54) is 22.5 Å². The standard InChI is InChI=1S/C28H32N2O4.C12H17NO.C9H11NO.C9H7NO.C4H2O4.C4H10.C2H6O/c1-15(2)29-7-5-17-9-21(19(13-31)11-23(17)29)25-27(33)26(28(25)34)22-10-18-6-8-30(16(3)4)24(18)12-20(22)14-32;1-9(2)13-6-5-11-4-3-10(8-14)7-12(11)13;2*11-6-7-1-2-8-3-4-10-9(8)5-7;5-1-2(6)4(8)3(1)7;1-4(2)3;1-2-3/h9-12,15-16,31-32H,5-8,13-14H2,1-4H3;3-4,7,9,14H,5-6,8H2,1-2H3;1-2,5,10-11H,3-4,6H2;1-6,10H;5-6H;4H,1-3H3;3H,2H2,1H3. The molecule has 0 bridgehead atoms. The van der Waals surface area contributed by atoms with Crippen molar-refractivity contribution in [1.29, 1.82) is 0 Å². The zero-order chi connectivity index (χ0) is 62.4. The number of nitrogens with zero attached hydrogens (tertiary/aromatic N) is 3. The van der Waals surface area contributed by atoms with Crippen LogP contribution in [0.25, 0.3) is 22.0 Å². The molecule has 12 rings (SSSR count). The Hall–Kier alpha value is -7.93. The monoisotopic (exact) mass is 1160 g/mol. The summed E-state index contributed by atoms with van der Waals surface area (Å²) in [6, 6.07) is 28.8. The average Bonchev–Trinajstić information content (AvgIpc) is 2.60. The molecule has 5 aliphatic rings. The maximum absolute atomic E-state index is 13.4. The summed E-state index contributed by atoms with van der Waals surface area (Å²) in [5.74, 6) is -1.41. The van der Waals surface area contributed by atoms with Gasteiger partial charge in [0.15, 0.2) is 5.78 Å². The number of carbonyl (C=O) groups excluding carboxylic acids is 2. The lowest BCUT2D eigenvalue weighted by Gasteiger charge is -2.33. The molecule has 454 valence electrons. The summed E-state index contributed by atoms with van der Waals surface area (Å²) in [7, 11) is 0. The van der Waals surface area contributed by atoms with E-state index in [1.54, 1.807) is 6.92 Å². The summed E-state index contributed by atoms with van der Waals surface area (Å²) < 4.78 is 2.28. The molecule has 0 fully saturated rings. The summed E-state index contributed by atoms with van der Waals surface area (Å²) in [5.41, 5.74) is 12.3. The van der Waals surface area contributed by atoms with Gasteiger partial charge < -0.3 is 61.0 Å². The number of nitrogens with one attached hydrogen (secondary N) is 2. The Balaban J connectivity index is 0.000000186. The number of hydrogen-bond donors (Lipinski definition) is 9. The molecule has 0 spiro atoms. The predicted octanol–water partition coefficient (Wildman–Crippen LogP) is 5.83. The highest BCUT2D eigenvalue weighted by Gasteiger charge is 2.34. The van der Waals surface area contributed by atoms with Gasteiger partial charge in [0.25, 0.3) is 10.9 Å². The molecule has 0 unspecified atom stereocenters. The summed E-state index contributed by atoms with van der Waals surface area (Å²) in [5, 5.41) is 81.4. The quantitative estimate of drug-likeness (QED) is 0.0467. The predicted molar refractivity (Wildman–Crippen MR) is 335 cm³/mol. The van der Waals surface area contributed by atoms with Crippen LogP contribution in [0.15, 0.2) is 106 Å². The minimum absolute atomic E-state index is 0.134. The lowest BCUT2D eigenvalue weighted by molar-refractivity contribution is -0.293. The van der Waals surface area contributed by atoms with Gasteiger partial charge in [-0.2, -0.15) is 0 Å². The highest BCUT2D eigenvalue weighted by atomic mass is 16.3. The number of fused-ring (bicyclic) bond motifs is 5. The number of benzene rings is 5. The third kappa shape index (κ3) is 15.5. The van der Waals surface area contributed by atoms with E-state index >= 15 is 0 Å². The number of H-pyrrole nitrogens is 1. The molecule has 85 heavy (non-hydrogen) atoms. The minimum atomic E-state index is -1.01. The molecule has 7 aromatic rings. The third-order valence-electron chi connectivity index (χ3n) is 15.0. The Labute approximate surface area is 497 Å². The van der Waals surface area contributed by atoms with Crippen LogP contribution in [0.5, 0.6) is 11.5 Å². The van der Waals surface area contributed by atoms with Gasteiger partial charge >= 0.3 is 0 Å². The molecule has 1 aromatic heterocycles. The number of hydrogen-bond acceptors (Lipinski definition) is 15. The molecular weight excluding hydrogens is 1080 g/mol. The Morgan fingerprint density at radius 2 is 1.20 bits per heavy atom. The molecule has 5 heterocycles. The van der Waals surface area contributed by atoms with Crippen molar-refractivity contribution in [3.05, 3.63) is 184 Å². The molecule has 6 aromatic carbocycles. The number of aliphatic hydroxyl groups excluding tert-OH is 5. The van der Waals surface area contributed by atoms with E-state index in [-0.39, 0.29) is 55.7 Å². The van der Waals surface area contributed by atoms with Crippen molar-refractivity contribution >= 4 is 51.2 Å². The van der Waals surface area contributed by atoms with Crippen molar-refractivity contribution in [1.82, 2.24) is 9.56 Å². The van der Waals surface area contributed by atoms with Crippen LogP contribution in [0.4, 0.5) is 17.1 Å². The normalized spacial score (nSPS) is 14.8. The van der Waals surface area contributed by atoms with E-state index in [2.05, 4.69) is 105 Å². The van der Waals surface area contributed by atoms with Gasteiger partial charge in [-0.1, -0.05) is 62.9 Å². The van der Waals surface area contributed by atoms with E-state index in [9.17, 15) is 34.5 Å². The Bertz CT molecular complexity index is 3680. The van der Waals surface area contributed by atoms with E-state index in [0.29, 0.717) is 45.6 Å². The first-order valence-electron chi connectivity index (χ1n) is 29.3. The van der Waals surface area contributed by atoms with Crippen LogP contribution in [0.2, 0.25) is 0 Å². The largest absolute Gasteiger partial charge is 0.871 e. The van der Waals surface area contributed by atoms with Crippen LogP contribution in [-0.2, 0) is 56.9 Å². The first kappa shape index (κ1) is 66.2. The lowest BCUT2D eigenvalue weighted by Crippen LogP contribution is -2.37. The zero-order valence-corrected chi connectivity index (χ0v) is 50.8. The van der Waals surface area contributed by atoms with Crippen LogP contribution in [0.3, 0.4) is 0 Å². The molecule has 0 amide bonds. The van der Waals surface area contributed by atoms with Crippen LogP contribution in [-0.4, -0.2) is 104 Å². The highest BCUT2D eigenvalue weighted by Crippen LogP contribution is 2.41. The van der Waals surface area contributed by atoms with Crippen molar-refractivity contribution in [3.63, 3.8) is 0 Å². The fourth-order valence-corrected chi connectivity index (χ4v) is 10.7. The first-order valence-corrected chi connectivity index (χ1v) is 29.3. The number of aromatic hydroxyl groups is 2. The Kier molecular flexibility index (Phi) is 23.6. The number of allylic oxidation sites excluding steroid dienone is 2. The number of rotatable bonds is 9. The molecule has 0 saturated heterocycles. The molecule has 9 N–H and O–H groups in total. The van der Waals surface area contributed by atoms with Gasteiger partial charge in [-0.3, -0.25) is 19.2 Å². The van der Waals surface area contributed by atoms with Crippen molar-refractivity contribution in [3.8, 4) is 11.5 Å². The molecule has 1 aliphatic carbocycles. The number of aromatic nitrogens is 1. The number of aldehydes is 1. The van der Waals surface area contributed by atoms with Crippen molar-refractivity contribution in [2.75, 3.05) is 47.9 Å². The average molecular weight is 1160 g/mol. The second-order valence-corrected chi connectivity index (χ2v) is 22.9. The minimum Gasteiger partial charge on any atom is -0.871 e. The van der Waals surface area contributed by atoms with Crippen molar-refractivity contribution in [2.45, 2.75) is 139 Å². The van der Waals surface area contributed by atoms with Crippen molar-refractivity contribution in [2.24, 2.45) is 5.92 Å². The lowest BCUT2D eigenvalue weighted by atomic mass is 9.79. The van der Waals surface area contributed by atoms with Gasteiger partial charge in [0.2, 0.25) is 16.9 Å². The Morgan fingerprint density at radius 3 is 1.74 bits per heavy atom. The SMILES string of the molecule is CC(C)C.CC(C)N1CCc2cc(C3=C([O-])/C(=c4/cc5c(cc4CO)=[N+](C(C)C)CC5)C3=O)c(CO)cc21.CC(C)N1CCc2ccc(CO)cc21.CCO.O=Cc1ccc2cc[nH]c2c1.O=c1c(O)c(O)c1=O.OCc1ccc2c(c1)NCC2. The summed E-state index contributed by atoms with van der Waals surface area (Å²) in [4.78, 5) is 51.4. The first-order chi connectivity index (χ1) is 40.6. The van der Waals surface area contributed by atoms with Gasteiger partial charge in [-0.05, 0) is 171 Å². The number of ketones is 1. The maximum atomic E-state index is 13.4. The van der Waals surface area contributed by atoms with E-state index in [4.69, 9.17) is 25.5 Å². The number of Topliss-reactive ketones (excluding diaryl/α,β-unsaturated/α-hetero) is 1. The van der Waals surface area contributed by atoms with Gasteiger partial charge in [0.05, 0.1) is 26.4 Å². The van der Waals surface area contributed by atoms with Crippen LogP contribution in [0.1, 0.15) is 130 Å². The van der Waals surface area contributed by atoms with Crippen LogP contribution in [0, 0.1) is 5.92 Å². The van der Waals surface area contributed by atoms with Crippen LogP contribution >= 0.6 is 0 Å². The van der Waals surface area contributed by atoms with Gasteiger partial charge in [0.1, 0.15) is 18.9 Å². The maximum Gasteiger partial charge on any atom is 0.275 e. The summed E-state index contributed by atoms with van der Waals surface area (Å²) in [6.07, 6.45) is 6.66. The second kappa shape index (κ2) is 30.2. The molecule has 0 saturated carbocycles. The summed E-state index contributed by atoms with van der Waals surface area (Å²) in [6.45, 7) is 25.1. The van der Waals surface area contributed by atoms with Crippen molar-refractivity contribution < 1.29 is 50.4 Å². The number of aromatic amines is 1. The van der Waals surface area contributed by atoms with E-state index in [0.717, 1.165) is 108 Å². The molecule has 4 aliphatic heterocycles. The number of aliphatic hydroxyl groups is 5. The fourth-order valence-electron chi connectivity index (χ4n) is 10.7. The molecule has 17 heteroatoms. The van der Waals surface area contributed by atoms with E-state index in [1.807, 2.05) is 72.9 Å². The molecule has 17 nitrogen and oxygen atoms in total. The van der Waals surface area contributed by atoms with E-state index < -0.39 is 22.4 Å². The second-order valence-electron chi connectivity index (χ2n) is 22.9. The Morgan fingerprint density at radius 1 is 0.624 bits per heavy atom. The number of anilines is 3. The van der Waals surface area contributed by atoms with Gasteiger partial charge in [-0.25, -0.2) is 4.58 Å². The highest BCUT2D eigenvalue weighted by molar-refractivity contribution is 6.51. The fraction of sp³-hybridized carbons (Fsp3) is 0.397.